The lowest BCUT2D eigenvalue weighted by Gasteiger charge is -2.41. The van der Waals surface area contributed by atoms with Gasteiger partial charge < -0.3 is 24.6 Å². The van der Waals surface area contributed by atoms with E-state index in [1.165, 1.54) is 12.1 Å². The first-order valence-electron chi connectivity index (χ1n) is 11.8. The number of piperazine rings is 1. The molecule has 1 fully saturated rings. The number of nitrogens with one attached hydrogen (secondary N) is 1. The molecule has 2 amide bonds. The highest BCUT2D eigenvalue weighted by Crippen LogP contribution is 2.43. The Hall–Kier alpha value is -4.21. The van der Waals surface area contributed by atoms with Crippen LogP contribution in [0.3, 0.4) is 0 Å². The topological polar surface area (TPSA) is 66.4 Å². The SMILES string of the molecule is COc1cccc2c1Oc1ccccc1N=C2N1CCN(C(=O)Nc2cccc(C(F)(F)F)c2)C(C)C1. The molecular formula is C27H25F3N4O3. The van der Waals surface area contributed by atoms with E-state index in [-0.39, 0.29) is 11.7 Å². The highest BCUT2D eigenvalue weighted by Gasteiger charge is 2.33. The third-order valence-corrected chi connectivity index (χ3v) is 6.37. The van der Waals surface area contributed by atoms with E-state index < -0.39 is 17.8 Å². The third kappa shape index (κ3) is 4.91. The van der Waals surface area contributed by atoms with E-state index in [1.807, 2.05) is 49.4 Å². The number of amidine groups is 1. The molecule has 3 aromatic rings. The summed E-state index contributed by atoms with van der Waals surface area (Å²) in [4.78, 5) is 21.6. The third-order valence-electron chi connectivity index (χ3n) is 6.37. The van der Waals surface area contributed by atoms with Gasteiger partial charge in [0.05, 0.1) is 18.2 Å². The van der Waals surface area contributed by atoms with Crippen LogP contribution in [-0.2, 0) is 6.18 Å². The Morgan fingerprint density at radius 3 is 2.62 bits per heavy atom. The number of amides is 2. The fourth-order valence-electron chi connectivity index (χ4n) is 4.54. The smallest absolute Gasteiger partial charge is 0.416 e. The molecule has 0 radical (unpaired) electrons. The van der Waals surface area contributed by atoms with E-state index in [0.717, 1.165) is 17.7 Å². The van der Waals surface area contributed by atoms with Crippen LogP contribution in [0, 0.1) is 0 Å². The summed E-state index contributed by atoms with van der Waals surface area (Å²) >= 11 is 0. The first-order chi connectivity index (χ1) is 17.7. The molecule has 2 heterocycles. The molecule has 1 atom stereocenters. The minimum Gasteiger partial charge on any atom is -0.493 e. The van der Waals surface area contributed by atoms with Crippen LogP contribution in [0.2, 0.25) is 0 Å². The average molecular weight is 511 g/mol. The Bertz CT molecular complexity index is 1360. The number of hydrogen-bond acceptors (Lipinski definition) is 5. The number of carbonyl (C=O) groups is 1. The lowest BCUT2D eigenvalue weighted by Crippen LogP contribution is -2.56. The van der Waals surface area contributed by atoms with Crippen molar-refractivity contribution in [2.75, 3.05) is 32.1 Å². The summed E-state index contributed by atoms with van der Waals surface area (Å²) in [5, 5.41) is 2.60. The molecule has 2 aliphatic heterocycles. The zero-order valence-electron chi connectivity index (χ0n) is 20.2. The number of benzene rings is 3. The average Bonchev–Trinajstić information content (AvgIpc) is 3.05. The molecule has 0 spiro atoms. The van der Waals surface area contributed by atoms with Crippen molar-refractivity contribution in [2.45, 2.75) is 19.1 Å². The van der Waals surface area contributed by atoms with Gasteiger partial charge in [-0.15, -0.1) is 0 Å². The Morgan fingerprint density at radius 2 is 1.86 bits per heavy atom. The summed E-state index contributed by atoms with van der Waals surface area (Å²) in [6.45, 7) is 3.19. The van der Waals surface area contributed by atoms with Gasteiger partial charge in [0.1, 0.15) is 11.5 Å². The molecule has 1 N–H and O–H groups in total. The van der Waals surface area contributed by atoms with Crippen LogP contribution >= 0.6 is 0 Å². The van der Waals surface area contributed by atoms with E-state index in [9.17, 15) is 18.0 Å². The van der Waals surface area contributed by atoms with Crippen molar-refractivity contribution in [3.8, 4) is 17.2 Å². The second-order valence-electron chi connectivity index (χ2n) is 8.84. The monoisotopic (exact) mass is 510 g/mol. The van der Waals surface area contributed by atoms with Crippen LogP contribution in [0.25, 0.3) is 0 Å². The molecule has 1 saturated heterocycles. The predicted molar refractivity (Wildman–Crippen MR) is 134 cm³/mol. The van der Waals surface area contributed by atoms with Gasteiger partial charge in [-0.25, -0.2) is 9.79 Å². The number of carbonyl (C=O) groups excluding carboxylic acids is 1. The fourth-order valence-corrected chi connectivity index (χ4v) is 4.54. The standard InChI is InChI=1S/C27H25F3N4O3/c1-17-16-33(13-14-34(17)26(35)31-19-8-5-7-18(15-19)27(28,29)30)25-20-9-6-12-23(36-2)24(20)37-22-11-4-3-10-21(22)32-25/h3-12,15,17H,13-14,16H2,1-2H3,(H,31,35). The number of rotatable bonds is 2. The fraction of sp³-hybridized carbons (Fsp3) is 0.259. The normalized spacial score (nSPS) is 17.1. The zero-order valence-corrected chi connectivity index (χ0v) is 20.2. The van der Waals surface area contributed by atoms with Crippen molar-refractivity contribution in [2.24, 2.45) is 4.99 Å². The Kier molecular flexibility index (Phi) is 6.41. The lowest BCUT2D eigenvalue weighted by molar-refractivity contribution is -0.137. The number of urea groups is 1. The lowest BCUT2D eigenvalue weighted by atomic mass is 10.1. The van der Waals surface area contributed by atoms with Crippen LogP contribution in [0.5, 0.6) is 17.2 Å². The van der Waals surface area contributed by atoms with Gasteiger partial charge in [-0.1, -0.05) is 24.3 Å². The quantitative estimate of drug-likeness (QED) is 0.450. The van der Waals surface area contributed by atoms with Gasteiger partial charge in [-0.2, -0.15) is 13.2 Å². The van der Waals surface area contributed by atoms with E-state index >= 15 is 0 Å². The Labute approximate surface area is 212 Å². The number of fused-ring (bicyclic) bond motifs is 2. The van der Waals surface area contributed by atoms with E-state index in [0.29, 0.717) is 48.4 Å². The second kappa shape index (κ2) is 9.68. The molecule has 0 saturated carbocycles. The van der Waals surface area contributed by atoms with Gasteiger partial charge in [0.2, 0.25) is 0 Å². The maximum absolute atomic E-state index is 13.1. The first kappa shape index (κ1) is 24.5. The minimum atomic E-state index is -4.49. The highest BCUT2D eigenvalue weighted by molar-refractivity contribution is 6.04. The molecule has 37 heavy (non-hydrogen) atoms. The first-order valence-corrected chi connectivity index (χ1v) is 11.8. The van der Waals surface area contributed by atoms with E-state index in [1.54, 1.807) is 12.0 Å². The number of methoxy groups -OCH3 is 1. The van der Waals surface area contributed by atoms with E-state index in [4.69, 9.17) is 14.5 Å². The summed E-state index contributed by atoms with van der Waals surface area (Å²) < 4.78 is 50.9. The van der Waals surface area contributed by atoms with Crippen molar-refractivity contribution in [1.82, 2.24) is 9.80 Å². The van der Waals surface area contributed by atoms with Crippen LogP contribution < -0.4 is 14.8 Å². The van der Waals surface area contributed by atoms with Gasteiger partial charge in [0.15, 0.2) is 17.2 Å². The molecule has 192 valence electrons. The van der Waals surface area contributed by atoms with Crippen molar-refractivity contribution in [3.63, 3.8) is 0 Å². The molecular weight excluding hydrogens is 485 g/mol. The summed E-state index contributed by atoms with van der Waals surface area (Å²) in [5.41, 5.74) is 0.723. The Morgan fingerprint density at radius 1 is 1.08 bits per heavy atom. The molecule has 2 aliphatic rings. The van der Waals surface area contributed by atoms with Crippen LogP contribution in [-0.4, -0.2) is 54.5 Å². The summed E-state index contributed by atoms with van der Waals surface area (Å²) in [6, 6.07) is 17.0. The molecule has 0 aromatic heterocycles. The molecule has 1 unspecified atom stereocenters. The van der Waals surface area contributed by atoms with Gasteiger partial charge in [0, 0.05) is 31.4 Å². The van der Waals surface area contributed by atoms with Crippen LogP contribution in [0.1, 0.15) is 18.1 Å². The molecule has 0 aliphatic carbocycles. The number of alkyl halides is 3. The molecule has 7 nitrogen and oxygen atoms in total. The van der Waals surface area contributed by atoms with Gasteiger partial charge in [-0.3, -0.25) is 0 Å². The summed E-state index contributed by atoms with van der Waals surface area (Å²) in [7, 11) is 1.58. The number of halogens is 3. The van der Waals surface area contributed by atoms with Crippen molar-refractivity contribution >= 4 is 23.2 Å². The molecule has 3 aromatic carbocycles. The molecule has 0 bridgehead atoms. The summed E-state index contributed by atoms with van der Waals surface area (Å²) in [5.74, 6) is 2.44. The maximum Gasteiger partial charge on any atom is 0.416 e. The van der Waals surface area contributed by atoms with Gasteiger partial charge in [0.25, 0.3) is 0 Å². The van der Waals surface area contributed by atoms with E-state index in [2.05, 4.69) is 10.2 Å². The minimum absolute atomic E-state index is 0.0948. The number of hydrogen-bond donors (Lipinski definition) is 1. The zero-order chi connectivity index (χ0) is 26.2. The maximum atomic E-state index is 13.1. The number of anilines is 1. The molecule has 10 heteroatoms. The van der Waals surface area contributed by atoms with Crippen LogP contribution in [0.4, 0.5) is 29.3 Å². The number of aliphatic imine (C=N–C) groups is 1. The predicted octanol–water partition coefficient (Wildman–Crippen LogP) is 6.14. The van der Waals surface area contributed by atoms with Crippen molar-refractivity contribution < 1.29 is 27.4 Å². The largest absolute Gasteiger partial charge is 0.493 e. The van der Waals surface area contributed by atoms with Gasteiger partial charge >= 0.3 is 12.2 Å². The van der Waals surface area contributed by atoms with Crippen molar-refractivity contribution in [3.05, 3.63) is 77.9 Å². The molecule has 5 rings (SSSR count). The number of nitrogens with zero attached hydrogens (tertiary/aromatic N) is 3. The van der Waals surface area contributed by atoms with Gasteiger partial charge in [-0.05, 0) is 49.4 Å². The van der Waals surface area contributed by atoms with Crippen LogP contribution in [0.15, 0.2) is 71.7 Å². The summed E-state index contributed by atoms with van der Waals surface area (Å²) in [6.07, 6.45) is -4.49. The van der Waals surface area contributed by atoms with Crippen molar-refractivity contribution in [1.29, 1.82) is 0 Å². The number of para-hydroxylation sites is 3. The number of ether oxygens (including phenoxy) is 2. The highest BCUT2D eigenvalue weighted by atomic mass is 19.4. The Balaban J connectivity index is 1.38. The second-order valence-corrected chi connectivity index (χ2v) is 8.84.